The number of anilines is 1. The lowest BCUT2D eigenvalue weighted by atomic mass is 9.83. The Kier molecular flexibility index (Phi) is 7.10. The summed E-state index contributed by atoms with van der Waals surface area (Å²) in [6, 6.07) is 9.41. The van der Waals surface area contributed by atoms with Crippen LogP contribution < -0.4 is 10.6 Å². The lowest BCUT2D eigenvalue weighted by Gasteiger charge is -2.32. The minimum Gasteiger partial charge on any atom is -0.396 e. The molecule has 1 saturated heterocycles. The van der Waals surface area contributed by atoms with Crippen LogP contribution in [-0.4, -0.2) is 53.6 Å². The van der Waals surface area contributed by atoms with E-state index >= 15 is 0 Å². The minimum absolute atomic E-state index is 0.0530. The maximum atomic E-state index is 12.8. The minimum atomic E-state index is -0.744. The summed E-state index contributed by atoms with van der Waals surface area (Å²) >= 11 is 0. The van der Waals surface area contributed by atoms with E-state index in [-0.39, 0.29) is 30.9 Å². The predicted octanol–water partition coefficient (Wildman–Crippen LogP) is 2.29. The van der Waals surface area contributed by atoms with Crippen molar-refractivity contribution in [1.29, 1.82) is 5.26 Å². The van der Waals surface area contributed by atoms with Gasteiger partial charge in [-0.15, -0.1) is 0 Å². The molecule has 3 N–H and O–H groups in total. The summed E-state index contributed by atoms with van der Waals surface area (Å²) < 4.78 is 0. The maximum absolute atomic E-state index is 12.8. The molecule has 3 rings (SSSR count). The van der Waals surface area contributed by atoms with Crippen LogP contribution in [0.1, 0.15) is 55.3 Å². The van der Waals surface area contributed by atoms with Gasteiger partial charge >= 0.3 is 0 Å². The standard InChI is InChI=1S/C22H30N4O3/c23-16-22(9-2-1-3-10-22)25-20(28)13-24-19-8-4-7-18(12-19)21(29)26-11-5-6-17(14-26)15-27/h4,7-8,12,17,24,27H,1-3,5-6,9-11,13-15H2,(H,25,28). The zero-order chi connectivity index (χ0) is 20.7. The fourth-order valence-corrected chi connectivity index (χ4v) is 4.26. The average molecular weight is 399 g/mol. The van der Waals surface area contributed by atoms with E-state index in [1.165, 1.54) is 0 Å². The third kappa shape index (κ3) is 5.48. The van der Waals surface area contributed by atoms with E-state index in [4.69, 9.17) is 0 Å². The normalized spacial score (nSPS) is 21.1. The number of likely N-dealkylation sites (tertiary alicyclic amines) is 1. The zero-order valence-corrected chi connectivity index (χ0v) is 16.8. The molecule has 1 aromatic carbocycles. The van der Waals surface area contributed by atoms with Gasteiger partial charge in [-0.2, -0.15) is 5.26 Å². The van der Waals surface area contributed by atoms with Gasteiger partial charge in [-0.25, -0.2) is 0 Å². The molecule has 0 bridgehead atoms. The molecular formula is C22H30N4O3. The Hall–Kier alpha value is -2.59. The Morgan fingerprint density at radius 1 is 1.24 bits per heavy atom. The van der Waals surface area contributed by atoms with Crippen molar-refractivity contribution in [3.8, 4) is 6.07 Å². The van der Waals surface area contributed by atoms with Crippen LogP contribution in [0.5, 0.6) is 0 Å². The number of nitrogens with one attached hydrogen (secondary N) is 2. The molecule has 156 valence electrons. The van der Waals surface area contributed by atoms with Gasteiger partial charge in [-0.05, 0) is 49.8 Å². The summed E-state index contributed by atoms with van der Waals surface area (Å²) in [5.74, 6) is -0.126. The Bertz CT molecular complexity index is 768. The van der Waals surface area contributed by atoms with Crippen molar-refractivity contribution in [3.05, 3.63) is 29.8 Å². The number of hydrogen-bond donors (Lipinski definition) is 3. The molecule has 1 heterocycles. The summed E-state index contributed by atoms with van der Waals surface area (Å²) in [5.41, 5.74) is 0.512. The zero-order valence-electron chi connectivity index (χ0n) is 16.8. The molecule has 1 aliphatic heterocycles. The second-order valence-corrected chi connectivity index (χ2v) is 8.18. The fraction of sp³-hybridized carbons (Fsp3) is 0.591. The number of amides is 2. The highest BCUT2D eigenvalue weighted by atomic mass is 16.3. The molecule has 1 saturated carbocycles. The summed E-state index contributed by atoms with van der Waals surface area (Å²) in [7, 11) is 0. The van der Waals surface area contributed by atoms with Gasteiger partial charge in [0.1, 0.15) is 5.54 Å². The highest BCUT2D eigenvalue weighted by Crippen LogP contribution is 2.27. The van der Waals surface area contributed by atoms with Gasteiger partial charge in [0.2, 0.25) is 5.91 Å². The van der Waals surface area contributed by atoms with Crippen LogP contribution in [0.3, 0.4) is 0 Å². The second kappa shape index (κ2) is 9.75. The first-order chi connectivity index (χ1) is 14.0. The van der Waals surface area contributed by atoms with Gasteiger partial charge in [0.25, 0.3) is 5.91 Å². The molecule has 0 aromatic heterocycles. The van der Waals surface area contributed by atoms with E-state index < -0.39 is 5.54 Å². The summed E-state index contributed by atoms with van der Waals surface area (Å²) in [4.78, 5) is 26.9. The van der Waals surface area contributed by atoms with Crippen molar-refractivity contribution in [3.63, 3.8) is 0 Å². The first-order valence-corrected chi connectivity index (χ1v) is 10.5. The number of nitrogens with zero attached hydrogens (tertiary/aromatic N) is 2. The third-order valence-corrected chi connectivity index (χ3v) is 5.93. The van der Waals surface area contributed by atoms with E-state index in [2.05, 4.69) is 16.7 Å². The largest absolute Gasteiger partial charge is 0.396 e. The SMILES string of the molecule is N#CC1(NC(=O)CNc2cccc(C(=O)N3CCCC(CO)C3)c2)CCCCC1. The molecule has 1 atom stereocenters. The summed E-state index contributed by atoms with van der Waals surface area (Å²) in [6.07, 6.45) is 6.26. The van der Waals surface area contributed by atoms with E-state index in [9.17, 15) is 20.0 Å². The van der Waals surface area contributed by atoms with Crippen molar-refractivity contribution >= 4 is 17.5 Å². The van der Waals surface area contributed by atoms with E-state index in [0.717, 1.165) is 32.1 Å². The Morgan fingerprint density at radius 2 is 2.03 bits per heavy atom. The van der Waals surface area contributed by atoms with Crippen molar-refractivity contribution in [2.24, 2.45) is 5.92 Å². The lowest BCUT2D eigenvalue weighted by Crippen LogP contribution is -2.50. The Morgan fingerprint density at radius 3 is 2.76 bits per heavy atom. The smallest absolute Gasteiger partial charge is 0.253 e. The highest BCUT2D eigenvalue weighted by molar-refractivity contribution is 5.95. The van der Waals surface area contributed by atoms with Gasteiger partial charge in [0.05, 0.1) is 12.6 Å². The van der Waals surface area contributed by atoms with Crippen LogP contribution in [0.4, 0.5) is 5.69 Å². The van der Waals surface area contributed by atoms with Crippen LogP contribution in [-0.2, 0) is 4.79 Å². The first kappa shape index (κ1) is 21.1. The number of benzene rings is 1. The third-order valence-electron chi connectivity index (χ3n) is 5.93. The molecule has 29 heavy (non-hydrogen) atoms. The van der Waals surface area contributed by atoms with Gasteiger partial charge in [-0.3, -0.25) is 9.59 Å². The second-order valence-electron chi connectivity index (χ2n) is 8.18. The molecule has 7 nitrogen and oxygen atoms in total. The monoisotopic (exact) mass is 398 g/mol. The van der Waals surface area contributed by atoms with E-state index in [0.29, 0.717) is 37.2 Å². The number of carbonyl (C=O) groups excluding carboxylic acids is 2. The number of aliphatic hydroxyl groups excluding tert-OH is 1. The molecule has 1 aromatic rings. The van der Waals surface area contributed by atoms with Crippen LogP contribution in [0.2, 0.25) is 0 Å². The molecule has 1 aliphatic carbocycles. The van der Waals surface area contributed by atoms with E-state index in [1.807, 2.05) is 6.07 Å². The molecule has 0 radical (unpaired) electrons. The number of rotatable bonds is 6. The van der Waals surface area contributed by atoms with Crippen molar-refractivity contribution in [1.82, 2.24) is 10.2 Å². The summed E-state index contributed by atoms with van der Waals surface area (Å²) in [5, 5.41) is 24.8. The molecule has 0 spiro atoms. The van der Waals surface area contributed by atoms with Gasteiger partial charge in [0, 0.05) is 30.9 Å². The van der Waals surface area contributed by atoms with Crippen LogP contribution in [0.15, 0.2) is 24.3 Å². The lowest BCUT2D eigenvalue weighted by molar-refractivity contribution is -0.121. The number of aliphatic hydroxyl groups is 1. The van der Waals surface area contributed by atoms with Crippen molar-refractivity contribution < 1.29 is 14.7 Å². The molecule has 2 aliphatic rings. The highest BCUT2D eigenvalue weighted by Gasteiger charge is 2.33. The van der Waals surface area contributed by atoms with Crippen molar-refractivity contribution in [2.75, 3.05) is 31.6 Å². The average Bonchev–Trinajstić information content (AvgIpc) is 2.78. The molecule has 7 heteroatoms. The molecule has 2 amide bonds. The Labute approximate surface area is 172 Å². The number of piperidine rings is 1. The quantitative estimate of drug-likeness (QED) is 0.682. The topological polar surface area (TPSA) is 105 Å². The number of hydrogen-bond acceptors (Lipinski definition) is 5. The van der Waals surface area contributed by atoms with Crippen LogP contribution in [0.25, 0.3) is 0 Å². The first-order valence-electron chi connectivity index (χ1n) is 10.5. The maximum Gasteiger partial charge on any atom is 0.253 e. The van der Waals surface area contributed by atoms with Crippen molar-refractivity contribution in [2.45, 2.75) is 50.5 Å². The van der Waals surface area contributed by atoms with Gasteiger partial charge in [-0.1, -0.05) is 25.3 Å². The number of carbonyl (C=O) groups is 2. The summed E-state index contributed by atoms with van der Waals surface area (Å²) in [6.45, 7) is 1.43. The number of nitriles is 1. The molecule has 2 fully saturated rings. The van der Waals surface area contributed by atoms with Crippen LogP contribution >= 0.6 is 0 Å². The molecular weight excluding hydrogens is 368 g/mol. The van der Waals surface area contributed by atoms with Gasteiger partial charge in [0.15, 0.2) is 0 Å². The fourth-order valence-electron chi connectivity index (χ4n) is 4.26. The van der Waals surface area contributed by atoms with Crippen LogP contribution in [0, 0.1) is 17.2 Å². The van der Waals surface area contributed by atoms with E-state index in [1.54, 1.807) is 23.1 Å². The predicted molar refractivity (Wildman–Crippen MR) is 110 cm³/mol. The Balaban J connectivity index is 1.56. The van der Waals surface area contributed by atoms with Gasteiger partial charge < -0.3 is 20.6 Å². The molecule has 1 unspecified atom stereocenters.